The molecule has 0 aliphatic carbocycles. The van der Waals surface area contributed by atoms with Gasteiger partial charge in [0.2, 0.25) is 0 Å². The summed E-state index contributed by atoms with van der Waals surface area (Å²) in [6, 6.07) is 11.4. The van der Waals surface area contributed by atoms with Gasteiger partial charge in [-0.3, -0.25) is 4.79 Å². The molecule has 5 heteroatoms. The predicted octanol–water partition coefficient (Wildman–Crippen LogP) is 0.469. The summed E-state index contributed by atoms with van der Waals surface area (Å²) in [6.07, 6.45) is 0. The first-order valence-electron chi connectivity index (χ1n) is 6.67. The SMILES string of the molecule is COc1cccc(OC)c1C(=O)Pc1c(C)cccc1C.[Li+]. The van der Waals surface area contributed by atoms with Gasteiger partial charge in [0.15, 0.2) is 5.52 Å². The standard InChI is InChI=1S/C17H19O3P.Li/c1-11-7-5-8-12(2)16(11)21-17(18)15-13(19-3)9-6-10-14(15)20-4;/h5-10,21H,1-4H3;/q;+1. The quantitative estimate of drug-likeness (QED) is 0.595. The number of hydrogen-bond donors (Lipinski definition) is 0. The minimum absolute atomic E-state index is 0. The molecule has 2 rings (SSSR count). The molecule has 0 heterocycles. The zero-order valence-corrected chi connectivity index (χ0v) is 14.7. The zero-order valence-electron chi connectivity index (χ0n) is 13.7. The van der Waals surface area contributed by atoms with E-state index in [2.05, 4.69) is 0 Å². The fourth-order valence-corrected chi connectivity index (χ4v) is 3.42. The van der Waals surface area contributed by atoms with Gasteiger partial charge in [0.05, 0.1) is 14.2 Å². The van der Waals surface area contributed by atoms with Gasteiger partial charge in [-0.15, -0.1) is 0 Å². The van der Waals surface area contributed by atoms with Crippen LogP contribution in [0.4, 0.5) is 0 Å². The molecule has 0 radical (unpaired) electrons. The molecule has 0 spiro atoms. The van der Waals surface area contributed by atoms with Crippen LogP contribution in [0.15, 0.2) is 36.4 Å². The molecule has 0 bridgehead atoms. The van der Waals surface area contributed by atoms with E-state index in [1.807, 2.05) is 38.1 Å². The van der Waals surface area contributed by atoms with Gasteiger partial charge in [0.25, 0.3) is 0 Å². The molecule has 2 aromatic rings. The normalized spacial score (nSPS) is 10.4. The van der Waals surface area contributed by atoms with E-state index >= 15 is 0 Å². The molecule has 22 heavy (non-hydrogen) atoms. The number of hydrogen-bond acceptors (Lipinski definition) is 3. The summed E-state index contributed by atoms with van der Waals surface area (Å²) in [4.78, 5) is 12.7. The van der Waals surface area contributed by atoms with E-state index in [0.29, 0.717) is 17.1 Å². The van der Waals surface area contributed by atoms with Crippen molar-refractivity contribution in [3.63, 3.8) is 0 Å². The van der Waals surface area contributed by atoms with Crippen LogP contribution in [-0.2, 0) is 0 Å². The van der Waals surface area contributed by atoms with Gasteiger partial charge in [0.1, 0.15) is 17.1 Å². The Hall–Kier alpha value is -1.26. The Morgan fingerprint density at radius 1 is 0.909 bits per heavy atom. The Labute approximate surface area is 145 Å². The molecule has 0 saturated heterocycles. The van der Waals surface area contributed by atoms with Crippen LogP contribution >= 0.6 is 8.58 Å². The van der Waals surface area contributed by atoms with E-state index in [4.69, 9.17) is 9.47 Å². The van der Waals surface area contributed by atoms with Crippen molar-refractivity contribution in [2.24, 2.45) is 0 Å². The van der Waals surface area contributed by atoms with E-state index in [0.717, 1.165) is 16.4 Å². The third-order valence-electron chi connectivity index (χ3n) is 3.37. The molecule has 3 nitrogen and oxygen atoms in total. The first kappa shape index (κ1) is 18.8. The summed E-state index contributed by atoms with van der Waals surface area (Å²) in [6.45, 7) is 4.06. The largest absolute Gasteiger partial charge is 1.00 e. The molecule has 0 N–H and O–H groups in total. The summed E-state index contributed by atoms with van der Waals surface area (Å²) in [5, 5.41) is 1.09. The predicted molar refractivity (Wildman–Crippen MR) is 87.7 cm³/mol. The van der Waals surface area contributed by atoms with Crippen LogP contribution in [0.25, 0.3) is 0 Å². The molecule has 1 unspecified atom stereocenters. The van der Waals surface area contributed by atoms with Gasteiger partial charge in [-0.25, -0.2) is 0 Å². The van der Waals surface area contributed by atoms with Crippen LogP contribution in [0.3, 0.4) is 0 Å². The first-order chi connectivity index (χ1) is 10.1. The van der Waals surface area contributed by atoms with Crippen LogP contribution in [0, 0.1) is 13.8 Å². The Balaban J connectivity index is 0.00000242. The average Bonchev–Trinajstić information content (AvgIpc) is 2.49. The van der Waals surface area contributed by atoms with Crippen LogP contribution in [0.5, 0.6) is 11.5 Å². The third-order valence-corrected chi connectivity index (χ3v) is 4.89. The van der Waals surface area contributed by atoms with Crippen molar-refractivity contribution in [3.05, 3.63) is 53.1 Å². The van der Waals surface area contributed by atoms with Crippen LogP contribution in [0.1, 0.15) is 21.5 Å². The number of carbonyl (C=O) groups is 1. The van der Waals surface area contributed by atoms with E-state index in [1.54, 1.807) is 26.4 Å². The number of benzene rings is 2. The number of aryl methyl sites for hydroxylation is 2. The van der Waals surface area contributed by atoms with Crippen molar-refractivity contribution in [1.29, 1.82) is 0 Å². The van der Waals surface area contributed by atoms with Gasteiger partial charge in [-0.05, 0) is 51.0 Å². The molecule has 0 amide bonds. The Bertz CT molecular complexity index is 628. The molecule has 0 aliphatic heterocycles. The maximum absolute atomic E-state index is 12.7. The monoisotopic (exact) mass is 309 g/mol. The maximum Gasteiger partial charge on any atom is 1.00 e. The molecule has 0 aromatic heterocycles. The number of methoxy groups -OCH3 is 2. The van der Waals surface area contributed by atoms with E-state index < -0.39 is 0 Å². The third kappa shape index (κ3) is 3.93. The zero-order chi connectivity index (χ0) is 15.4. The number of rotatable bonds is 5. The van der Waals surface area contributed by atoms with Gasteiger partial charge in [-0.2, -0.15) is 0 Å². The number of carbonyl (C=O) groups excluding carboxylic acids is 1. The van der Waals surface area contributed by atoms with Crippen molar-refractivity contribution in [2.45, 2.75) is 13.8 Å². The second-order valence-corrected chi connectivity index (χ2v) is 5.96. The average molecular weight is 309 g/mol. The minimum atomic E-state index is 0. The van der Waals surface area contributed by atoms with Crippen LogP contribution in [-0.4, -0.2) is 19.7 Å². The van der Waals surface area contributed by atoms with Crippen LogP contribution < -0.4 is 33.6 Å². The van der Waals surface area contributed by atoms with Gasteiger partial charge in [-0.1, -0.05) is 24.3 Å². The first-order valence-corrected chi connectivity index (χ1v) is 7.67. The molecule has 0 saturated carbocycles. The summed E-state index contributed by atoms with van der Waals surface area (Å²) >= 11 is 0. The number of ether oxygens (including phenoxy) is 2. The van der Waals surface area contributed by atoms with Crippen molar-refractivity contribution < 1.29 is 33.1 Å². The van der Waals surface area contributed by atoms with Gasteiger partial charge >= 0.3 is 18.9 Å². The Morgan fingerprint density at radius 3 is 1.82 bits per heavy atom. The van der Waals surface area contributed by atoms with Gasteiger partial charge < -0.3 is 9.47 Å². The van der Waals surface area contributed by atoms with Crippen molar-refractivity contribution in [2.75, 3.05) is 14.2 Å². The second-order valence-electron chi connectivity index (χ2n) is 4.76. The van der Waals surface area contributed by atoms with Crippen LogP contribution in [0.2, 0.25) is 0 Å². The second kappa shape index (κ2) is 8.39. The Kier molecular flexibility index (Phi) is 7.17. The van der Waals surface area contributed by atoms with E-state index in [9.17, 15) is 4.79 Å². The van der Waals surface area contributed by atoms with Gasteiger partial charge in [0, 0.05) is 0 Å². The van der Waals surface area contributed by atoms with Crippen molar-refractivity contribution in [3.8, 4) is 11.5 Å². The fourth-order valence-electron chi connectivity index (χ4n) is 2.26. The molecule has 2 aromatic carbocycles. The van der Waals surface area contributed by atoms with Crippen molar-refractivity contribution >= 4 is 19.4 Å². The molecule has 110 valence electrons. The molecular weight excluding hydrogens is 290 g/mol. The molecule has 1 atom stereocenters. The molecule has 0 aliphatic rings. The van der Waals surface area contributed by atoms with E-state index in [1.165, 1.54) is 0 Å². The minimum Gasteiger partial charge on any atom is -0.496 e. The molecular formula is C17H19LiO3P+. The summed E-state index contributed by atoms with van der Waals surface area (Å²) < 4.78 is 10.6. The summed E-state index contributed by atoms with van der Waals surface area (Å²) in [5.41, 5.74) is 2.82. The Morgan fingerprint density at radius 2 is 1.36 bits per heavy atom. The maximum atomic E-state index is 12.7. The van der Waals surface area contributed by atoms with Crippen molar-refractivity contribution in [1.82, 2.24) is 0 Å². The van der Waals surface area contributed by atoms with E-state index in [-0.39, 0.29) is 33.0 Å². The summed E-state index contributed by atoms with van der Waals surface area (Å²) in [7, 11) is 3.18. The topological polar surface area (TPSA) is 35.5 Å². The smallest absolute Gasteiger partial charge is 0.496 e. The molecule has 0 fully saturated rings. The summed E-state index contributed by atoms with van der Waals surface area (Å²) in [5.74, 6) is 1.11. The fraction of sp³-hybridized carbons (Fsp3) is 0.235.